The molecule has 0 saturated carbocycles. The van der Waals surface area contributed by atoms with Crippen LogP contribution >= 0.6 is 11.8 Å². The Labute approximate surface area is 169 Å². The number of likely N-dealkylation sites (tertiary alicyclic amines) is 1. The van der Waals surface area contributed by atoms with Gasteiger partial charge in [-0.25, -0.2) is 4.39 Å². The molecule has 6 heteroatoms. The minimum Gasteiger partial charge on any atom is -0.490 e. The van der Waals surface area contributed by atoms with Crippen LogP contribution in [0.2, 0.25) is 0 Å². The van der Waals surface area contributed by atoms with Crippen molar-refractivity contribution in [2.75, 3.05) is 25.5 Å². The number of hydrogen-bond acceptors (Lipinski definition) is 4. The van der Waals surface area contributed by atoms with Crippen LogP contribution in [0.1, 0.15) is 37.3 Å². The van der Waals surface area contributed by atoms with Gasteiger partial charge in [0.1, 0.15) is 5.82 Å². The van der Waals surface area contributed by atoms with E-state index < -0.39 is 0 Å². The summed E-state index contributed by atoms with van der Waals surface area (Å²) in [5, 5.41) is 0. The highest BCUT2D eigenvalue weighted by molar-refractivity contribution is 7.99. The fourth-order valence-electron chi connectivity index (χ4n) is 3.73. The van der Waals surface area contributed by atoms with Gasteiger partial charge in [-0.05, 0) is 54.8 Å². The molecule has 0 unspecified atom stereocenters. The van der Waals surface area contributed by atoms with E-state index in [1.807, 2.05) is 17.0 Å². The van der Waals surface area contributed by atoms with Gasteiger partial charge < -0.3 is 14.4 Å². The molecule has 0 aromatic heterocycles. The van der Waals surface area contributed by atoms with Crippen LogP contribution in [0.5, 0.6) is 11.5 Å². The van der Waals surface area contributed by atoms with Gasteiger partial charge in [-0.15, -0.1) is 11.8 Å². The molecule has 2 aliphatic heterocycles. The summed E-state index contributed by atoms with van der Waals surface area (Å²) in [6, 6.07) is 12.5. The largest absolute Gasteiger partial charge is 0.490 e. The van der Waals surface area contributed by atoms with E-state index in [4.69, 9.17) is 9.47 Å². The third kappa shape index (κ3) is 4.43. The van der Waals surface area contributed by atoms with Crippen LogP contribution in [0.3, 0.4) is 0 Å². The van der Waals surface area contributed by atoms with Gasteiger partial charge >= 0.3 is 0 Å². The highest BCUT2D eigenvalue weighted by Crippen LogP contribution is 2.38. The molecule has 2 aromatic carbocycles. The highest BCUT2D eigenvalue weighted by Gasteiger charge is 2.30. The predicted molar refractivity (Wildman–Crippen MR) is 107 cm³/mol. The Morgan fingerprint density at radius 1 is 1.07 bits per heavy atom. The van der Waals surface area contributed by atoms with Gasteiger partial charge in [0.15, 0.2) is 11.5 Å². The summed E-state index contributed by atoms with van der Waals surface area (Å²) in [5.74, 6) is 2.18. The Balaban J connectivity index is 1.38. The number of carbonyl (C=O) groups excluding carboxylic acids is 1. The molecule has 4 rings (SSSR count). The number of ether oxygens (including phenoxy) is 2. The molecule has 0 N–H and O–H groups in total. The molecule has 1 saturated heterocycles. The molecule has 1 amide bonds. The third-order valence-electron chi connectivity index (χ3n) is 5.13. The molecule has 1 atom stereocenters. The molecule has 148 valence electrons. The van der Waals surface area contributed by atoms with E-state index in [0.29, 0.717) is 25.4 Å². The number of thioether (sulfide) groups is 1. The number of rotatable bonds is 5. The highest BCUT2D eigenvalue weighted by atomic mass is 32.2. The number of carbonyl (C=O) groups is 1. The lowest BCUT2D eigenvalue weighted by Gasteiger charge is -2.25. The van der Waals surface area contributed by atoms with Crippen LogP contribution < -0.4 is 9.47 Å². The second-order valence-electron chi connectivity index (χ2n) is 7.05. The van der Waals surface area contributed by atoms with E-state index in [-0.39, 0.29) is 17.8 Å². The van der Waals surface area contributed by atoms with E-state index in [1.165, 1.54) is 12.1 Å². The number of fused-ring (bicyclic) bond motifs is 1. The van der Waals surface area contributed by atoms with Gasteiger partial charge in [-0.2, -0.15) is 0 Å². The van der Waals surface area contributed by atoms with Crippen molar-refractivity contribution >= 4 is 17.7 Å². The summed E-state index contributed by atoms with van der Waals surface area (Å²) in [4.78, 5) is 15.8. The summed E-state index contributed by atoms with van der Waals surface area (Å²) in [6.07, 6.45) is 3.33. The molecule has 2 aliphatic rings. The predicted octanol–water partition coefficient (Wildman–Crippen LogP) is 4.83. The number of halogens is 1. The van der Waals surface area contributed by atoms with Gasteiger partial charge in [0.05, 0.1) is 19.3 Å². The average Bonchev–Trinajstić information content (AvgIpc) is 3.08. The molecular formula is C22H24FNO3S. The molecule has 28 heavy (non-hydrogen) atoms. The molecule has 0 spiro atoms. The van der Waals surface area contributed by atoms with Crippen molar-refractivity contribution in [3.05, 3.63) is 53.8 Å². The van der Waals surface area contributed by atoms with Crippen LogP contribution in [0.4, 0.5) is 4.39 Å². The number of benzene rings is 2. The second-order valence-corrected chi connectivity index (χ2v) is 8.22. The minimum absolute atomic E-state index is 0.0977. The van der Waals surface area contributed by atoms with Crippen molar-refractivity contribution in [2.45, 2.75) is 36.6 Å². The first-order valence-electron chi connectivity index (χ1n) is 9.78. The molecule has 4 nitrogen and oxygen atoms in total. The maximum atomic E-state index is 13.0. The summed E-state index contributed by atoms with van der Waals surface area (Å²) in [7, 11) is 0. The molecular weight excluding hydrogens is 377 g/mol. The molecule has 0 bridgehead atoms. The van der Waals surface area contributed by atoms with E-state index in [9.17, 15) is 9.18 Å². The van der Waals surface area contributed by atoms with Crippen molar-refractivity contribution in [3.8, 4) is 11.5 Å². The number of amides is 1. The maximum absolute atomic E-state index is 13.0. The first-order chi connectivity index (χ1) is 13.7. The fraction of sp³-hybridized carbons (Fsp3) is 0.409. The lowest BCUT2D eigenvalue weighted by atomic mass is 10.0. The normalized spacial score (nSPS) is 18.8. The fourth-order valence-corrected chi connectivity index (χ4v) is 4.57. The van der Waals surface area contributed by atoms with Crippen LogP contribution in [0, 0.1) is 5.82 Å². The molecule has 0 aliphatic carbocycles. The van der Waals surface area contributed by atoms with Crippen molar-refractivity contribution in [1.29, 1.82) is 0 Å². The molecule has 0 radical (unpaired) electrons. The Hall–Kier alpha value is -2.21. The van der Waals surface area contributed by atoms with E-state index in [1.54, 1.807) is 23.9 Å². The zero-order chi connectivity index (χ0) is 19.3. The van der Waals surface area contributed by atoms with Crippen molar-refractivity contribution in [1.82, 2.24) is 4.90 Å². The lowest BCUT2D eigenvalue weighted by molar-refractivity contribution is -0.131. The standard InChI is InChI=1S/C22H24FNO3S/c23-17-5-7-18(8-6-17)28-14-10-22(25)24-11-1-3-19(24)16-4-9-20-21(15-16)27-13-2-12-26-20/h4-9,15,19H,1-3,10-14H2/t19-/m0/s1. The van der Waals surface area contributed by atoms with Crippen molar-refractivity contribution in [2.24, 2.45) is 0 Å². The van der Waals surface area contributed by atoms with Gasteiger partial charge in [-0.1, -0.05) is 6.07 Å². The van der Waals surface area contributed by atoms with Crippen LogP contribution in [-0.4, -0.2) is 36.3 Å². The van der Waals surface area contributed by atoms with Crippen LogP contribution in [0.25, 0.3) is 0 Å². The van der Waals surface area contributed by atoms with Crippen LogP contribution in [0.15, 0.2) is 47.4 Å². The zero-order valence-electron chi connectivity index (χ0n) is 15.7. The smallest absolute Gasteiger partial charge is 0.223 e. The Bertz CT molecular complexity index is 827. The first-order valence-corrected chi connectivity index (χ1v) is 10.8. The van der Waals surface area contributed by atoms with Gasteiger partial charge in [0.25, 0.3) is 0 Å². The van der Waals surface area contributed by atoms with Crippen LogP contribution in [-0.2, 0) is 4.79 Å². The van der Waals surface area contributed by atoms with E-state index >= 15 is 0 Å². The van der Waals surface area contributed by atoms with Gasteiger partial charge in [0, 0.05) is 30.0 Å². The van der Waals surface area contributed by atoms with Crippen molar-refractivity contribution in [3.63, 3.8) is 0 Å². The summed E-state index contributed by atoms with van der Waals surface area (Å²) in [5.41, 5.74) is 1.11. The monoisotopic (exact) mass is 401 g/mol. The quantitative estimate of drug-likeness (QED) is 0.673. The van der Waals surface area contributed by atoms with E-state index in [2.05, 4.69) is 6.07 Å². The maximum Gasteiger partial charge on any atom is 0.223 e. The van der Waals surface area contributed by atoms with E-state index in [0.717, 1.165) is 47.8 Å². The van der Waals surface area contributed by atoms with Gasteiger partial charge in [0.2, 0.25) is 5.91 Å². The molecule has 2 aromatic rings. The molecule has 1 fully saturated rings. The number of nitrogens with zero attached hydrogens (tertiary/aromatic N) is 1. The van der Waals surface area contributed by atoms with Gasteiger partial charge in [-0.3, -0.25) is 4.79 Å². The lowest BCUT2D eigenvalue weighted by Crippen LogP contribution is -2.30. The summed E-state index contributed by atoms with van der Waals surface area (Å²) in [6.45, 7) is 2.12. The zero-order valence-corrected chi connectivity index (χ0v) is 16.6. The number of hydrogen-bond donors (Lipinski definition) is 0. The Morgan fingerprint density at radius 2 is 1.86 bits per heavy atom. The first kappa shape index (κ1) is 19.1. The summed E-state index contributed by atoms with van der Waals surface area (Å²) < 4.78 is 24.5. The Kier molecular flexibility index (Phi) is 6.05. The second kappa shape index (κ2) is 8.86. The molecule has 2 heterocycles. The topological polar surface area (TPSA) is 38.8 Å². The summed E-state index contributed by atoms with van der Waals surface area (Å²) >= 11 is 1.58. The Morgan fingerprint density at radius 3 is 2.68 bits per heavy atom. The SMILES string of the molecule is O=C(CCSc1ccc(F)cc1)N1CCC[C@H]1c1ccc2c(c1)OCCCO2. The average molecular weight is 402 g/mol. The third-order valence-corrected chi connectivity index (χ3v) is 6.14. The minimum atomic E-state index is -0.240. The van der Waals surface area contributed by atoms with Crippen molar-refractivity contribution < 1.29 is 18.7 Å².